The van der Waals surface area contributed by atoms with Crippen LogP contribution in [0.2, 0.25) is 0 Å². The van der Waals surface area contributed by atoms with Crippen molar-refractivity contribution in [2.75, 3.05) is 12.3 Å². The summed E-state index contributed by atoms with van der Waals surface area (Å²) in [6.07, 6.45) is 0. The summed E-state index contributed by atoms with van der Waals surface area (Å²) in [5.74, 6) is 2.16. The van der Waals surface area contributed by atoms with Crippen LogP contribution in [0.1, 0.15) is 11.5 Å². The molecule has 108 valence electrons. The van der Waals surface area contributed by atoms with Crippen LogP contribution in [0.15, 0.2) is 45.8 Å². The number of aryl methyl sites for hydroxylation is 1. The van der Waals surface area contributed by atoms with Crippen LogP contribution in [0.3, 0.4) is 0 Å². The van der Waals surface area contributed by atoms with Gasteiger partial charge in [-0.1, -0.05) is 23.4 Å². The predicted molar refractivity (Wildman–Crippen MR) is 79.0 cm³/mol. The highest BCUT2D eigenvalue weighted by Gasteiger charge is 2.12. The predicted octanol–water partition coefficient (Wildman–Crippen LogP) is 2.19. The number of rotatable bonds is 7. The van der Waals surface area contributed by atoms with Gasteiger partial charge in [0.25, 0.3) is 0 Å². The third-order valence-corrected chi connectivity index (χ3v) is 4.97. The van der Waals surface area contributed by atoms with Crippen LogP contribution < -0.4 is 4.72 Å². The number of nitrogens with one attached hydrogen (secondary N) is 1. The van der Waals surface area contributed by atoms with E-state index < -0.39 is 10.0 Å². The van der Waals surface area contributed by atoms with Crippen molar-refractivity contribution < 1.29 is 12.9 Å². The van der Waals surface area contributed by atoms with E-state index >= 15 is 0 Å². The van der Waals surface area contributed by atoms with Crippen molar-refractivity contribution >= 4 is 21.8 Å². The second-order valence-electron chi connectivity index (χ2n) is 4.20. The Morgan fingerprint density at radius 2 is 2.05 bits per heavy atom. The molecule has 0 radical (unpaired) electrons. The molecule has 0 amide bonds. The summed E-state index contributed by atoms with van der Waals surface area (Å²) in [4.78, 5) is 0.288. The van der Waals surface area contributed by atoms with E-state index in [1.54, 1.807) is 42.1 Å². The van der Waals surface area contributed by atoms with Gasteiger partial charge in [-0.05, 0) is 19.1 Å². The minimum atomic E-state index is -3.40. The zero-order chi connectivity index (χ0) is 14.4. The molecule has 7 heteroatoms. The van der Waals surface area contributed by atoms with E-state index in [0.29, 0.717) is 18.1 Å². The van der Waals surface area contributed by atoms with Crippen LogP contribution in [-0.2, 0) is 15.8 Å². The third kappa shape index (κ3) is 4.36. The second-order valence-corrected chi connectivity index (χ2v) is 7.07. The van der Waals surface area contributed by atoms with Crippen LogP contribution >= 0.6 is 11.8 Å². The molecule has 5 nitrogen and oxygen atoms in total. The summed E-state index contributed by atoms with van der Waals surface area (Å²) in [5.41, 5.74) is 0.852. The Morgan fingerprint density at radius 1 is 1.30 bits per heavy atom. The lowest BCUT2D eigenvalue weighted by molar-refractivity contribution is 0.391. The Labute approximate surface area is 122 Å². The van der Waals surface area contributed by atoms with Crippen molar-refractivity contribution in [3.05, 3.63) is 47.9 Å². The molecule has 0 unspecified atom stereocenters. The zero-order valence-electron chi connectivity index (χ0n) is 11.1. The maximum atomic E-state index is 11.9. The number of benzene rings is 1. The highest BCUT2D eigenvalue weighted by atomic mass is 32.2. The zero-order valence-corrected chi connectivity index (χ0v) is 12.7. The molecule has 1 aromatic carbocycles. The molecule has 0 aliphatic carbocycles. The third-order valence-electron chi connectivity index (χ3n) is 2.51. The van der Waals surface area contributed by atoms with E-state index in [-0.39, 0.29) is 4.90 Å². The van der Waals surface area contributed by atoms with Crippen molar-refractivity contribution in [1.82, 2.24) is 9.88 Å². The molecule has 2 rings (SSSR count). The Bertz CT molecular complexity index is 639. The standard InChI is InChI=1S/C13H16N2O3S2/c1-11-9-12(18-15-11)10-19-8-7-14-20(16,17)13-5-3-2-4-6-13/h2-6,9,14H,7-8,10H2,1H3. The van der Waals surface area contributed by atoms with Crippen molar-refractivity contribution in [2.45, 2.75) is 17.6 Å². The van der Waals surface area contributed by atoms with E-state index in [1.807, 2.05) is 13.0 Å². The average Bonchev–Trinajstić information content (AvgIpc) is 2.85. The van der Waals surface area contributed by atoms with Gasteiger partial charge >= 0.3 is 0 Å². The van der Waals surface area contributed by atoms with Crippen LogP contribution in [0.4, 0.5) is 0 Å². The number of sulfonamides is 1. The molecule has 0 bridgehead atoms. The topological polar surface area (TPSA) is 72.2 Å². The lowest BCUT2D eigenvalue weighted by Crippen LogP contribution is -2.26. The largest absolute Gasteiger partial charge is 0.360 e. The van der Waals surface area contributed by atoms with E-state index in [9.17, 15) is 8.42 Å². The van der Waals surface area contributed by atoms with Gasteiger partial charge in [0.15, 0.2) is 0 Å². The summed E-state index contributed by atoms with van der Waals surface area (Å²) in [6, 6.07) is 10.2. The van der Waals surface area contributed by atoms with Gasteiger partial charge in [0.1, 0.15) is 5.76 Å². The number of nitrogens with zero attached hydrogens (tertiary/aromatic N) is 1. The average molecular weight is 312 g/mol. The maximum absolute atomic E-state index is 11.9. The molecule has 2 aromatic rings. The fraction of sp³-hybridized carbons (Fsp3) is 0.308. The van der Waals surface area contributed by atoms with Crippen molar-refractivity contribution in [1.29, 1.82) is 0 Å². The van der Waals surface area contributed by atoms with Crippen molar-refractivity contribution in [3.63, 3.8) is 0 Å². The molecule has 0 aliphatic rings. The second kappa shape index (κ2) is 6.92. The SMILES string of the molecule is Cc1cc(CSCCNS(=O)(=O)c2ccccc2)on1. The molecular weight excluding hydrogens is 296 g/mol. The molecule has 0 saturated heterocycles. The van der Waals surface area contributed by atoms with Gasteiger partial charge < -0.3 is 4.52 Å². The normalized spacial score (nSPS) is 11.7. The number of aromatic nitrogens is 1. The van der Waals surface area contributed by atoms with E-state index in [0.717, 1.165) is 11.5 Å². The first-order chi connectivity index (χ1) is 9.58. The Kier molecular flexibility index (Phi) is 5.22. The van der Waals surface area contributed by atoms with E-state index in [2.05, 4.69) is 9.88 Å². The van der Waals surface area contributed by atoms with Crippen molar-refractivity contribution in [3.8, 4) is 0 Å². The summed E-state index contributed by atoms with van der Waals surface area (Å²) in [6.45, 7) is 2.25. The van der Waals surface area contributed by atoms with Gasteiger partial charge in [-0.3, -0.25) is 0 Å². The summed E-state index contributed by atoms with van der Waals surface area (Å²) in [7, 11) is -3.40. The summed E-state index contributed by atoms with van der Waals surface area (Å²) >= 11 is 1.59. The van der Waals surface area contributed by atoms with Crippen LogP contribution in [0, 0.1) is 6.92 Å². The molecule has 1 heterocycles. The van der Waals surface area contributed by atoms with Gasteiger partial charge in [-0.25, -0.2) is 13.1 Å². The minimum Gasteiger partial charge on any atom is -0.360 e. The van der Waals surface area contributed by atoms with Crippen LogP contribution in [-0.4, -0.2) is 25.9 Å². The monoisotopic (exact) mass is 312 g/mol. The fourth-order valence-electron chi connectivity index (χ4n) is 1.59. The molecule has 1 aromatic heterocycles. The van der Waals surface area contributed by atoms with Gasteiger partial charge in [0.2, 0.25) is 10.0 Å². The first-order valence-corrected chi connectivity index (χ1v) is 8.76. The quantitative estimate of drug-likeness (QED) is 0.794. The summed E-state index contributed by atoms with van der Waals surface area (Å²) < 4.78 is 31.5. The summed E-state index contributed by atoms with van der Waals surface area (Å²) in [5, 5.41) is 3.79. The van der Waals surface area contributed by atoms with Crippen molar-refractivity contribution in [2.24, 2.45) is 0 Å². The maximum Gasteiger partial charge on any atom is 0.240 e. The Balaban J connectivity index is 1.73. The first kappa shape index (κ1) is 15.1. The fourth-order valence-corrected chi connectivity index (χ4v) is 3.50. The Hall–Kier alpha value is -1.31. The molecule has 1 N–H and O–H groups in total. The lowest BCUT2D eigenvalue weighted by atomic mass is 10.4. The van der Waals surface area contributed by atoms with Crippen LogP contribution in [0.5, 0.6) is 0 Å². The molecule has 20 heavy (non-hydrogen) atoms. The van der Waals surface area contributed by atoms with Gasteiger partial charge in [-0.2, -0.15) is 11.8 Å². The number of hydrogen-bond acceptors (Lipinski definition) is 5. The van der Waals surface area contributed by atoms with E-state index in [4.69, 9.17) is 4.52 Å². The molecular formula is C13H16N2O3S2. The first-order valence-electron chi connectivity index (χ1n) is 6.12. The molecule has 0 aliphatic heterocycles. The molecule has 0 saturated carbocycles. The number of hydrogen-bond donors (Lipinski definition) is 1. The Morgan fingerprint density at radius 3 is 2.70 bits per heavy atom. The lowest BCUT2D eigenvalue weighted by Gasteiger charge is -2.05. The highest BCUT2D eigenvalue weighted by Crippen LogP contribution is 2.13. The molecule has 0 spiro atoms. The number of thioether (sulfide) groups is 1. The molecule has 0 fully saturated rings. The minimum absolute atomic E-state index is 0.288. The smallest absolute Gasteiger partial charge is 0.240 e. The molecule has 0 atom stereocenters. The van der Waals surface area contributed by atoms with Gasteiger partial charge in [-0.15, -0.1) is 0 Å². The highest BCUT2D eigenvalue weighted by molar-refractivity contribution is 7.98. The van der Waals surface area contributed by atoms with Crippen LogP contribution in [0.25, 0.3) is 0 Å². The van der Waals surface area contributed by atoms with Gasteiger partial charge in [0.05, 0.1) is 16.3 Å². The van der Waals surface area contributed by atoms with Gasteiger partial charge in [0, 0.05) is 18.4 Å². The van der Waals surface area contributed by atoms with E-state index in [1.165, 1.54) is 0 Å².